The van der Waals surface area contributed by atoms with Crippen LogP contribution in [0.3, 0.4) is 0 Å². The van der Waals surface area contributed by atoms with Crippen molar-refractivity contribution in [2.75, 3.05) is 13.2 Å². The van der Waals surface area contributed by atoms with E-state index in [2.05, 4.69) is 10.3 Å². The molecule has 31 heavy (non-hydrogen) atoms. The molecule has 2 aromatic carbocycles. The summed E-state index contributed by atoms with van der Waals surface area (Å²) < 4.78 is 18.9. The first-order valence-electron chi connectivity index (χ1n) is 10.1. The molecule has 1 aliphatic rings. The Morgan fingerprint density at radius 1 is 1.03 bits per heavy atom. The maximum atomic E-state index is 12.6. The number of amides is 1. The summed E-state index contributed by atoms with van der Waals surface area (Å²) in [6.07, 6.45) is 3.87. The maximum absolute atomic E-state index is 12.6. The van der Waals surface area contributed by atoms with Crippen LogP contribution in [0.15, 0.2) is 73.1 Å². The molecule has 1 N–H and O–H groups in total. The molecule has 0 radical (unpaired) electrons. The first kappa shape index (κ1) is 19.0. The molecule has 0 saturated carbocycles. The zero-order valence-electron chi connectivity index (χ0n) is 16.8. The number of imidazole rings is 1. The third-order valence-corrected chi connectivity index (χ3v) is 4.96. The number of pyridine rings is 1. The maximum Gasteiger partial charge on any atom is 0.251 e. The minimum atomic E-state index is -0.173. The van der Waals surface area contributed by atoms with Crippen molar-refractivity contribution < 1.29 is 19.0 Å². The molecule has 0 bridgehead atoms. The van der Waals surface area contributed by atoms with Crippen LogP contribution in [0.2, 0.25) is 0 Å². The van der Waals surface area contributed by atoms with Crippen molar-refractivity contribution in [1.82, 2.24) is 14.7 Å². The van der Waals surface area contributed by atoms with Crippen molar-refractivity contribution >= 4 is 11.6 Å². The summed E-state index contributed by atoms with van der Waals surface area (Å²) in [5.74, 6) is 1.88. The lowest BCUT2D eigenvalue weighted by Crippen LogP contribution is -2.23. The van der Waals surface area contributed by atoms with Crippen molar-refractivity contribution in [1.29, 1.82) is 0 Å². The molecule has 0 saturated heterocycles. The van der Waals surface area contributed by atoms with Crippen LogP contribution in [0, 0.1) is 0 Å². The molecule has 5 rings (SSSR count). The summed E-state index contributed by atoms with van der Waals surface area (Å²) >= 11 is 0. The predicted molar refractivity (Wildman–Crippen MR) is 115 cm³/mol. The Labute approximate surface area is 179 Å². The quantitative estimate of drug-likeness (QED) is 0.521. The fraction of sp³-hybridized carbons (Fsp3) is 0.167. The highest BCUT2D eigenvalue weighted by Gasteiger charge is 2.13. The average Bonchev–Trinajstić information content (AvgIpc) is 3.24. The second kappa shape index (κ2) is 8.39. The Balaban J connectivity index is 1.20. The summed E-state index contributed by atoms with van der Waals surface area (Å²) in [5.41, 5.74) is 3.16. The lowest BCUT2D eigenvalue weighted by atomic mass is 10.1. The topological polar surface area (TPSA) is 74.1 Å². The van der Waals surface area contributed by atoms with Gasteiger partial charge in [-0.25, -0.2) is 4.98 Å². The standard InChI is InChI=1S/C24H21N3O4/c28-24(25-14-17-7-8-21-22(12-17)30-11-10-29-21)18-4-3-5-20(13-18)31-16-19-15-27-9-2-1-6-23(27)26-19/h1-9,12-13,15H,10-11,14,16H2,(H,25,28). The van der Waals surface area contributed by atoms with E-state index >= 15 is 0 Å². The zero-order chi connectivity index (χ0) is 21.0. The van der Waals surface area contributed by atoms with Crippen LogP contribution in [0.25, 0.3) is 5.65 Å². The van der Waals surface area contributed by atoms with Crippen LogP contribution >= 0.6 is 0 Å². The zero-order valence-corrected chi connectivity index (χ0v) is 16.8. The monoisotopic (exact) mass is 415 g/mol. The average molecular weight is 415 g/mol. The van der Waals surface area contributed by atoms with Crippen LogP contribution in [-0.2, 0) is 13.2 Å². The molecular weight excluding hydrogens is 394 g/mol. The third kappa shape index (κ3) is 4.30. The van der Waals surface area contributed by atoms with E-state index in [4.69, 9.17) is 14.2 Å². The lowest BCUT2D eigenvalue weighted by molar-refractivity contribution is 0.0950. The SMILES string of the molecule is O=C(NCc1ccc2c(c1)OCCO2)c1cccc(OCc2cn3ccccc3n2)c1. The van der Waals surface area contributed by atoms with Gasteiger partial charge in [-0.1, -0.05) is 18.2 Å². The van der Waals surface area contributed by atoms with Crippen LogP contribution in [0.4, 0.5) is 0 Å². The second-order valence-corrected chi connectivity index (χ2v) is 7.18. The van der Waals surface area contributed by atoms with Gasteiger partial charge in [0.25, 0.3) is 5.91 Å². The molecule has 0 spiro atoms. The fourth-order valence-electron chi connectivity index (χ4n) is 3.42. The van der Waals surface area contributed by atoms with E-state index < -0.39 is 0 Å². The van der Waals surface area contributed by atoms with E-state index in [1.54, 1.807) is 18.2 Å². The summed E-state index contributed by atoms with van der Waals surface area (Å²) in [7, 11) is 0. The smallest absolute Gasteiger partial charge is 0.251 e. The molecule has 0 aliphatic carbocycles. The summed E-state index contributed by atoms with van der Waals surface area (Å²) in [6, 6.07) is 18.6. The Kier molecular flexibility index (Phi) is 5.14. The number of aromatic nitrogens is 2. The molecule has 2 aromatic heterocycles. The van der Waals surface area contributed by atoms with E-state index in [-0.39, 0.29) is 5.91 Å². The molecular formula is C24H21N3O4. The molecule has 1 amide bonds. The molecule has 1 aliphatic heterocycles. The summed E-state index contributed by atoms with van der Waals surface area (Å²) in [5, 5.41) is 2.93. The number of benzene rings is 2. The number of carbonyl (C=O) groups is 1. The van der Waals surface area contributed by atoms with Gasteiger partial charge in [0.05, 0.1) is 5.69 Å². The number of fused-ring (bicyclic) bond motifs is 2. The van der Waals surface area contributed by atoms with Gasteiger partial charge in [0, 0.05) is 24.5 Å². The number of hydrogen-bond donors (Lipinski definition) is 1. The van der Waals surface area contributed by atoms with Crippen molar-refractivity contribution in [2.45, 2.75) is 13.2 Å². The molecule has 156 valence electrons. The van der Waals surface area contributed by atoms with Gasteiger partial charge in [0.2, 0.25) is 0 Å². The van der Waals surface area contributed by atoms with E-state index in [0.29, 0.717) is 43.4 Å². The fourth-order valence-corrected chi connectivity index (χ4v) is 3.42. The second-order valence-electron chi connectivity index (χ2n) is 7.18. The van der Waals surface area contributed by atoms with Crippen molar-refractivity contribution in [3.63, 3.8) is 0 Å². The molecule has 0 unspecified atom stereocenters. The van der Waals surface area contributed by atoms with Gasteiger partial charge in [-0.05, 0) is 48.0 Å². The molecule has 3 heterocycles. The van der Waals surface area contributed by atoms with E-state index in [0.717, 1.165) is 22.7 Å². The van der Waals surface area contributed by atoms with Crippen molar-refractivity contribution in [3.8, 4) is 17.2 Å². The number of rotatable bonds is 6. The highest BCUT2D eigenvalue weighted by molar-refractivity contribution is 5.94. The van der Waals surface area contributed by atoms with E-state index in [1.807, 2.05) is 59.3 Å². The van der Waals surface area contributed by atoms with Crippen molar-refractivity contribution in [3.05, 3.63) is 89.9 Å². The van der Waals surface area contributed by atoms with Crippen LogP contribution in [-0.4, -0.2) is 28.5 Å². The third-order valence-electron chi connectivity index (χ3n) is 4.96. The van der Waals surface area contributed by atoms with E-state index in [1.165, 1.54) is 0 Å². The van der Waals surface area contributed by atoms with E-state index in [9.17, 15) is 4.79 Å². The number of nitrogens with zero attached hydrogens (tertiary/aromatic N) is 2. The van der Waals surface area contributed by atoms with Gasteiger partial charge >= 0.3 is 0 Å². The van der Waals surface area contributed by atoms with Crippen LogP contribution in [0.1, 0.15) is 21.6 Å². The van der Waals surface area contributed by atoms with Gasteiger partial charge in [-0.3, -0.25) is 4.79 Å². The molecule has 7 nitrogen and oxygen atoms in total. The minimum absolute atomic E-state index is 0.173. The molecule has 7 heteroatoms. The first-order valence-corrected chi connectivity index (χ1v) is 10.1. The predicted octanol–water partition coefficient (Wildman–Crippen LogP) is 3.61. The van der Waals surface area contributed by atoms with Gasteiger partial charge in [0.1, 0.15) is 31.2 Å². The Bertz CT molecular complexity index is 1200. The first-order chi connectivity index (χ1) is 15.2. The number of carbonyl (C=O) groups excluding carboxylic acids is 1. The lowest BCUT2D eigenvalue weighted by Gasteiger charge is -2.19. The Hall–Kier alpha value is -4.00. The van der Waals surface area contributed by atoms with Crippen LogP contribution in [0.5, 0.6) is 17.2 Å². The molecule has 0 atom stereocenters. The van der Waals surface area contributed by atoms with Gasteiger partial charge in [-0.2, -0.15) is 0 Å². The molecule has 4 aromatic rings. The number of ether oxygens (including phenoxy) is 3. The number of nitrogens with one attached hydrogen (secondary N) is 1. The molecule has 0 fully saturated rings. The van der Waals surface area contributed by atoms with Crippen molar-refractivity contribution in [2.24, 2.45) is 0 Å². The number of hydrogen-bond acceptors (Lipinski definition) is 5. The largest absolute Gasteiger partial charge is 0.487 e. The van der Waals surface area contributed by atoms with Crippen LogP contribution < -0.4 is 19.5 Å². The van der Waals surface area contributed by atoms with Gasteiger partial charge < -0.3 is 23.9 Å². The highest BCUT2D eigenvalue weighted by atomic mass is 16.6. The minimum Gasteiger partial charge on any atom is -0.487 e. The summed E-state index contributed by atoms with van der Waals surface area (Å²) in [4.78, 5) is 17.1. The highest BCUT2D eigenvalue weighted by Crippen LogP contribution is 2.30. The van der Waals surface area contributed by atoms with Gasteiger partial charge in [-0.15, -0.1) is 0 Å². The Morgan fingerprint density at radius 2 is 1.94 bits per heavy atom. The normalized spacial score (nSPS) is 12.5. The summed E-state index contributed by atoms with van der Waals surface area (Å²) in [6.45, 7) is 1.80. The van der Waals surface area contributed by atoms with Gasteiger partial charge in [0.15, 0.2) is 11.5 Å². The Morgan fingerprint density at radius 3 is 2.84 bits per heavy atom.